The Kier molecular flexibility index (Phi) is 5.29. The second-order valence-electron chi connectivity index (χ2n) is 7.33. The molecular weight excluding hydrogens is 326 g/mol. The van der Waals surface area contributed by atoms with Crippen LogP contribution in [-0.4, -0.2) is 45.2 Å². The average molecular weight is 353 g/mol. The summed E-state index contributed by atoms with van der Waals surface area (Å²) in [6.45, 7) is 3.49. The second kappa shape index (κ2) is 7.99. The third-order valence-electron chi connectivity index (χ3n) is 5.35. The van der Waals surface area contributed by atoms with Crippen molar-refractivity contribution in [3.8, 4) is 0 Å². The molecule has 26 heavy (non-hydrogen) atoms. The largest absolute Gasteiger partial charge is 0.354 e. The fraction of sp³-hybridized carbons (Fsp3) is 0.550. The van der Waals surface area contributed by atoms with Gasteiger partial charge in [0.15, 0.2) is 0 Å². The van der Waals surface area contributed by atoms with Crippen molar-refractivity contribution in [1.82, 2.24) is 25.0 Å². The Morgan fingerprint density at radius 3 is 2.81 bits per heavy atom. The average Bonchev–Trinajstić information content (AvgIpc) is 3.17. The third-order valence-corrected chi connectivity index (χ3v) is 5.35. The van der Waals surface area contributed by atoms with Crippen molar-refractivity contribution in [1.29, 1.82) is 0 Å². The molecule has 2 aromatic heterocycles. The summed E-state index contributed by atoms with van der Waals surface area (Å²) in [5.41, 5.74) is 2.33. The van der Waals surface area contributed by atoms with Crippen molar-refractivity contribution in [2.45, 2.75) is 50.6 Å². The first-order chi connectivity index (χ1) is 12.8. The summed E-state index contributed by atoms with van der Waals surface area (Å²) in [4.78, 5) is 19.3. The molecule has 2 aliphatic rings. The molecular formula is C20H27N5O. The van der Waals surface area contributed by atoms with Crippen LogP contribution in [0.4, 0.5) is 0 Å². The molecule has 0 bridgehead atoms. The van der Waals surface area contributed by atoms with Crippen LogP contribution in [-0.2, 0) is 11.3 Å². The van der Waals surface area contributed by atoms with Gasteiger partial charge in [0.25, 0.3) is 0 Å². The number of rotatable bonds is 8. The molecule has 6 heteroatoms. The van der Waals surface area contributed by atoms with E-state index in [1.165, 1.54) is 18.5 Å². The van der Waals surface area contributed by atoms with Crippen LogP contribution in [0.25, 0.3) is 0 Å². The highest BCUT2D eigenvalue weighted by Crippen LogP contribution is 2.39. The Morgan fingerprint density at radius 2 is 2.08 bits per heavy atom. The molecule has 1 saturated heterocycles. The van der Waals surface area contributed by atoms with Crippen molar-refractivity contribution in [2.24, 2.45) is 0 Å². The van der Waals surface area contributed by atoms with Crippen LogP contribution >= 0.6 is 0 Å². The number of hydrogen-bond donors (Lipinski definition) is 1. The predicted octanol–water partition coefficient (Wildman–Crippen LogP) is 2.50. The van der Waals surface area contributed by atoms with Gasteiger partial charge in [-0.15, -0.1) is 0 Å². The zero-order valence-corrected chi connectivity index (χ0v) is 15.2. The molecule has 0 spiro atoms. The number of pyridine rings is 1. The van der Waals surface area contributed by atoms with Crippen LogP contribution < -0.4 is 5.32 Å². The molecule has 1 aliphatic heterocycles. The highest BCUT2D eigenvalue weighted by molar-refractivity contribution is 5.83. The monoisotopic (exact) mass is 353 g/mol. The molecule has 138 valence electrons. The van der Waals surface area contributed by atoms with Gasteiger partial charge in [0, 0.05) is 43.3 Å². The number of likely N-dealkylation sites (tertiary alicyclic amines) is 1. The molecule has 0 aromatic carbocycles. The smallest absolute Gasteiger partial charge is 0.242 e. The van der Waals surface area contributed by atoms with Crippen LogP contribution in [0.5, 0.6) is 0 Å². The fourth-order valence-electron chi connectivity index (χ4n) is 3.86. The van der Waals surface area contributed by atoms with Crippen molar-refractivity contribution in [3.05, 3.63) is 48.0 Å². The molecule has 6 nitrogen and oxygen atoms in total. The lowest BCUT2D eigenvalue weighted by molar-refractivity contribution is -0.126. The van der Waals surface area contributed by atoms with Crippen LogP contribution in [0, 0.1) is 0 Å². The Hall–Kier alpha value is -2.21. The van der Waals surface area contributed by atoms with E-state index in [2.05, 4.69) is 31.0 Å². The van der Waals surface area contributed by atoms with Gasteiger partial charge in [0.2, 0.25) is 5.91 Å². The van der Waals surface area contributed by atoms with Crippen molar-refractivity contribution in [2.75, 3.05) is 19.6 Å². The molecule has 2 aromatic rings. The summed E-state index contributed by atoms with van der Waals surface area (Å²) in [6.07, 6.45) is 11.2. The van der Waals surface area contributed by atoms with E-state index in [0.717, 1.165) is 44.5 Å². The van der Waals surface area contributed by atoms with Gasteiger partial charge < -0.3 is 5.32 Å². The first kappa shape index (κ1) is 17.2. The number of hydrogen-bond acceptors (Lipinski definition) is 4. The van der Waals surface area contributed by atoms with E-state index in [1.54, 1.807) is 6.20 Å². The maximum atomic E-state index is 12.9. The summed E-state index contributed by atoms with van der Waals surface area (Å²) in [5, 5.41) is 7.56. The zero-order chi connectivity index (χ0) is 17.8. The molecule has 1 N–H and O–H groups in total. The number of nitrogens with zero attached hydrogens (tertiary/aromatic N) is 4. The van der Waals surface area contributed by atoms with Crippen LogP contribution in [0.2, 0.25) is 0 Å². The first-order valence-corrected chi connectivity index (χ1v) is 9.76. The van der Waals surface area contributed by atoms with Gasteiger partial charge in [-0.25, -0.2) is 0 Å². The quantitative estimate of drug-likeness (QED) is 0.741. The lowest BCUT2D eigenvalue weighted by Crippen LogP contribution is -2.40. The van der Waals surface area contributed by atoms with Gasteiger partial charge in [-0.2, -0.15) is 5.10 Å². The van der Waals surface area contributed by atoms with Crippen LogP contribution in [0.3, 0.4) is 0 Å². The molecule has 2 fully saturated rings. The highest BCUT2D eigenvalue weighted by atomic mass is 16.2. The Labute approximate surface area is 154 Å². The SMILES string of the molecule is O=C(NCCCn1nccc1C1CC1)C(c1cccnc1)N1CCCC1. The summed E-state index contributed by atoms with van der Waals surface area (Å²) in [6, 6.07) is 5.81. The third kappa shape index (κ3) is 3.96. The van der Waals surface area contributed by atoms with E-state index in [4.69, 9.17) is 0 Å². The van der Waals surface area contributed by atoms with Gasteiger partial charge >= 0.3 is 0 Å². The number of amides is 1. The highest BCUT2D eigenvalue weighted by Gasteiger charge is 2.30. The molecule has 1 unspecified atom stereocenters. The summed E-state index contributed by atoms with van der Waals surface area (Å²) in [7, 11) is 0. The van der Waals surface area contributed by atoms with Crippen LogP contribution in [0.1, 0.15) is 55.3 Å². The van der Waals surface area contributed by atoms with E-state index in [9.17, 15) is 4.79 Å². The molecule has 1 saturated carbocycles. The zero-order valence-electron chi connectivity index (χ0n) is 15.2. The van der Waals surface area contributed by atoms with Gasteiger partial charge in [-0.3, -0.25) is 19.4 Å². The van der Waals surface area contributed by atoms with Crippen LogP contribution in [0.15, 0.2) is 36.8 Å². The van der Waals surface area contributed by atoms with Gasteiger partial charge in [-0.1, -0.05) is 6.07 Å². The second-order valence-corrected chi connectivity index (χ2v) is 7.33. The maximum Gasteiger partial charge on any atom is 0.242 e. The van der Waals surface area contributed by atoms with Gasteiger partial charge in [-0.05, 0) is 62.9 Å². The molecule has 1 aliphatic carbocycles. The maximum absolute atomic E-state index is 12.9. The van der Waals surface area contributed by atoms with E-state index >= 15 is 0 Å². The Bertz CT molecular complexity index is 719. The lowest BCUT2D eigenvalue weighted by Gasteiger charge is -2.26. The molecule has 1 atom stereocenters. The Morgan fingerprint density at radius 1 is 1.23 bits per heavy atom. The summed E-state index contributed by atoms with van der Waals surface area (Å²) in [5.74, 6) is 0.792. The van der Waals surface area contributed by atoms with E-state index < -0.39 is 0 Å². The minimum absolute atomic E-state index is 0.0859. The molecule has 1 amide bonds. The summed E-state index contributed by atoms with van der Waals surface area (Å²) < 4.78 is 2.10. The molecule has 0 radical (unpaired) electrons. The standard InChI is InChI=1S/C20H27N5O/c26-20(19(24-12-1-2-13-24)17-5-3-9-21-15-17)22-10-4-14-25-18(8-11-23-25)16-6-7-16/h3,5,8-9,11,15-16,19H,1-2,4,6-7,10,12-14H2,(H,22,26). The number of nitrogens with one attached hydrogen (secondary N) is 1. The van der Waals surface area contributed by atoms with Gasteiger partial charge in [0.1, 0.15) is 6.04 Å². The van der Waals surface area contributed by atoms with Crippen molar-refractivity contribution < 1.29 is 4.79 Å². The van der Waals surface area contributed by atoms with E-state index in [0.29, 0.717) is 12.5 Å². The minimum atomic E-state index is -0.224. The van der Waals surface area contributed by atoms with E-state index in [1.807, 2.05) is 24.5 Å². The molecule has 3 heterocycles. The van der Waals surface area contributed by atoms with Crippen molar-refractivity contribution in [3.63, 3.8) is 0 Å². The lowest BCUT2D eigenvalue weighted by atomic mass is 10.1. The van der Waals surface area contributed by atoms with E-state index in [-0.39, 0.29) is 11.9 Å². The van der Waals surface area contributed by atoms with Crippen molar-refractivity contribution >= 4 is 5.91 Å². The first-order valence-electron chi connectivity index (χ1n) is 9.76. The fourth-order valence-corrected chi connectivity index (χ4v) is 3.86. The Balaban J connectivity index is 1.32. The number of carbonyl (C=O) groups excluding carboxylic acids is 1. The number of carbonyl (C=O) groups is 1. The minimum Gasteiger partial charge on any atom is -0.354 e. The summed E-state index contributed by atoms with van der Waals surface area (Å²) >= 11 is 0. The van der Waals surface area contributed by atoms with Gasteiger partial charge in [0.05, 0.1) is 0 Å². The predicted molar refractivity (Wildman–Crippen MR) is 99.6 cm³/mol. The normalized spacial score (nSPS) is 18.8. The topological polar surface area (TPSA) is 63.1 Å². The number of aryl methyl sites for hydroxylation is 1. The number of aromatic nitrogens is 3. The molecule has 4 rings (SSSR count).